The van der Waals surface area contributed by atoms with Crippen molar-refractivity contribution < 1.29 is 18.4 Å². The number of aromatic nitrogens is 2. The zero-order valence-electron chi connectivity index (χ0n) is 14.9. The molecule has 7 nitrogen and oxygen atoms in total. The summed E-state index contributed by atoms with van der Waals surface area (Å²) < 4.78 is 24.2. The summed E-state index contributed by atoms with van der Waals surface area (Å²) in [5, 5.41) is 13.0. The second-order valence-electron chi connectivity index (χ2n) is 6.37. The normalized spacial score (nSPS) is 16.2. The average molecular weight is 378 g/mol. The molecular weight excluding hydrogens is 363 g/mol. The number of methoxy groups -OCH3 is 1. The maximum atomic E-state index is 14.0. The average Bonchev–Trinajstić information content (AvgIpc) is 3.35. The van der Waals surface area contributed by atoms with Gasteiger partial charge in [-0.15, -0.1) is 0 Å². The van der Waals surface area contributed by atoms with Gasteiger partial charge >= 0.3 is 0 Å². The van der Waals surface area contributed by atoms with E-state index in [9.17, 15) is 9.18 Å². The van der Waals surface area contributed by atoms with E-state index in [4.69, 9.17) is 14.5 Å². The highest BCUT2D eigenvalue weighted by Crippen LogP contribution is 2.33. The number of hydrogen-bond donors (Lipinski definition) is 0. The van der Waals surface area contributed by atoms with Gasteiger partial charge in [-0.25, -0.2) is 4.39 Å². The summed E-state index contributed by atoms with van der Waals surface area (Å²) in [6.07, 6.45) is 0.199. The third-order valence-corrected chi connectivity index (χ3v) is 4.62. The predicted molar refractivity (Wildman–Crippen MR) is 97.1 cm³/mol. The van der Waals surface area contributed by atoms with E-state index < -0.39 is 5.82 Å². The molecule has 0 N–H and O–H groups in total. The number of ether oxygens (including phenoxy) is 1. The Kier molecular flexibility index (Phi) is 4.49. The Morgan fingerprint density at radius 3 is 2.93 bits per heavy atom. The molecule has 0 radical (unpaired) electrons. The summed E-state index contributed by atoms with van der Waals surface area (Å²) in [4.78, 5) is 18.3. The van der Waals surface area contributed by atoms with E-state index >= 15 is 0 Å². The fourth-order valence-electron chi connectivity index (χ4n) is 3.19. The van der Waals surface area contributed by atoms with Crippen LogP contribution in [0.2, 0.25) is 0 Å². The number of rotatable bonds is 4. The zero-order valence-corrected chi connectivity index (χ0v) is 14.9. The summed E-state index contributed by atoms with van der Waals surface area (Å²) in [5.74, 6) is -0.137. The molecule has 0 saturated carbocycles. The minimum atomic E-state index is -0.532. The third kappa shape index (κ3) is 3.18. The SMILES string of the molecule is COc1ccc(N2CC(c3noc(-c4cccc(C#N)c4)n3)CC2=O)cc1F. The van der Waals surface area contributed by atoms with Gasteiger partial charge in [0, 0.05) is 36.2 Å². The lowest BCUT2D eigenvalue weighted by molar-refractivity contribution is -0.117. The second-order valence-corrected chi connectivity index (χ2v) is 6.37. The number of carbonyl (C=O) groups is 1. The first-order valence-electron chi connectivity index (χ1n) is 8.57. The molecule has 2 aromatic carbocycles. The van der Waals surface area contributed by atoms with Crippen LogP contribution in [0.3, 0.4) is 0 Å². The van der Waals surface area contributed by atoms with Gasteiger partial charge in [-0.3, -0.25) is 4.79 Å². The Morgan fingerprint density at radius 2 is 2.18 bits per heavy atom. The van der Waals surface area contributed by atoms with Crippen LogP contribution in [-0.2, 0) is 4.79 Å². The Hall–Kier alpha value is -3.73. The molecule has 1 saturated heterocycles. The number of amides is 1. The van der Waals surface area contributed by atoms with Gasteiger partial charge in [0.25, 0.3) is 5.89 Å². The van der Waals surface area contributed by atoms with Crippen molar-refractivity contribution in [1.29, 1.82) is 5.26 Å². The predicted octanol–water partition coefficient (Wildman–Crippen LogP) is 3.28. The molecule has 28 heavy (non-hydrogen) atoms. The van der Waals surface area contributed by atoms with Crippen molar-refractivity contribution in [3.05, 3.63) is 59.7 Å². The molecule has 1 aliphatic heterocycles. The standard InChI is InChI=1S/C20H15FN4O3/c1-27-17-6-5-15(9-16(17)21)25-11-14(8-18(25)26)19-23-20(28-24-19)13-4-2-3-12(7-13)10-22/h2-7,9,14H,8,11H2,1H3. The first kappa shape index (κ1) is 17.7. The molecule has 1 fully saturated rings. The Bertz CT molecular complexity index is 1090. The quantitative estimate of drug-likeness (QED) is 0.692. The van der Waals surface area contributed by atoms with E-state index in [0.717, 1.165) is 0 Å². The minimum absolute atomic E-state index is 0.120. The van der Waals surface area contributed by atoms with Crippen molar-refractivity contribution in [1.82, 2.24) is 10.1 Å². The zero-order chi connectivity index (χ0) is 19.7. The largest absolute Gasteiger partial charge is 0.494 e. The molecule has 1 atom stereocenters. The molecular formula is C20H15FN4O3. The molecule has 1 unspecified atom stereocenters. The van der Waals surface area contributed by atoms with Gasteiger partial charge in [-0.05, 0) is 30.3 Å². The molecule has 1 aliphatic rings. The fraction of sp³-hybridized carbons (Fsp3) is 0.200. The molecule has 0 aliphatic carbocycles. The number of nitriles is 1. The van der Waals surface area contributed by atoms with Crippen LogP contribution >= 0.6 is 0 Å². The lowest BCUT2D eigenvalue weighted by Crippen LogP contribution is -2.24. The van der Waals surface area contributed by atoms with E-state index in [-0.39, 0.29) is 29.9 Å². The second kappa shape index (κ2) is 7.12. The number of benzene rings is 2. The Balaban J connectivity index is 1.55. The summed E-state index contributed by atoms with van der Waals surface area (Å²) in [7, 11) is 1.38. The van der Waals surface area contributed by atoms with Crippen molar-refractivity contribution in [3.8, 4) is 23.3 Å². The first-order valence-corrected chi connectivity index (χ1v) is 8.57. The van der Waals surface area contributed by atoms with Gasteiger partial charge in [0.1, 0.15) is 0 Å². The van der Waals surface area contributed by atoms with Crippen molar-refractivity contribution in [2.45, 2.75) is 12.3 Å². The molecule has 2 heterocycles. The highest BCUT2D eigenvalue weighted by Gasteiger charge is 2.35. The molecule has 0 spiro atoms. The van der Waals surface area contributed by atoms with Crippen LogP contribution in [0.1, 0.15) is 23.7 Å². The molecule has 8 heteroatoms. The van der Waals surface area contributed by atoms with E-state index in [1.807, 2.05) is 0 Å². The summed E-state index contributed by atoms with van der Waals surface area (Å²) in [6.45, 7) is 0.321. The monoisotopic (exact) mass is 378 g/mol. The molecule has 1 aromatic heterocycles. The van der Waals surface area contributed by atoms with Crippen LogP contribution in [0.25, 0.3) is 11.5 Å². The number of hydrogen-bond acceptors (Lipinski definition) is 6. The highest BCUT2D eigenvalue weighted by atomic mass is 19.1. The van der Waals surface area contributed by atoms with Crippen LogP contribution in [0.4, 0.5) is 10.1 Å². The van der Waals surface area contributed by atoms with Crippen molar-refractivity contribution in [2.24, 2.45) is 0 Å². The fourth-order valence-corrected chi connectivity index (χ4v) is 3.19. The van der Waals surface area contributed by atoms with E-state index in [1.165, 1.54) is 24.1 Å². The van der Waals surface area contributed by atoms with Crippen molar-refractivity contribution in [3.63, 3.8) is 0 Å². The third-order valence-electron chi connectivity index (χ3n) is 4.62. The lowest BCUT2D eigenvalue weighted by Gasteiger charge is -2.16. The minimum Gasteiger partial charge on any atom is -0.494 e. The van der Waals surface area contributed by atoms with Gasteiger partial charge in [-0.2, -0.15) is 10.2 Å². The summed E-state index contributed by atoms with van der Waals surface area (Å²) in [5.41, 5.74) is 1.58. The maximum absolute atomic E-state index is 14.0. The number of nitrogens with zero attached hydrogens (tertiary/aromatic N) is 4. The Labute approximate surface area is 160 Å². The van der Waals surface area contributed by atoms with Crippen LogP contribution in [0.5, 0.6) is 5.75 Å². The molecule has 1 amide bonds. The molecule has 4 rings (SSSR count). The smallest absolute Gasteiger partial charge is 0.257 e. The van der Waals surface area contributed by atoms with Gasteiger partial charge in [0.15, 0.2) is 17.4 Å². The van der Waals surface area contributed by atoms with Gasteiger partial charge < -0.3 is 14.2 Å². The van der Waals surface area contributed by atoms with Crippen molar-refractivity contribution in [2.75, 3.05) is 18.6 Å². The summed E-state index contributed by atoms with van der Waals surface area (Å²) in [6, 6.07) is 13.3. The maximum Gasteiger partial charge on any atom is 0.257 e. The van der Waals surface area contributed by atoms with Gasteiger partial charge in [-0.1, -0.05) is 11.2 Å². The van der Waals surface area contributed by atoms with E-state index in [0.29, 0.717) is 29.2 Å². The number of carbonyl (C=O) groups excluding carboxylic acids is 1. The molecule has 140 valence electrons. The molecule has 0 bridgehead atoms. The highest BCUT2D eigenvalue weighted by molar-refractivity contribution is 5.96. The van der Waals surface area contributed by atoms with E-state index in [2.05, 4.69) is 16.2 Å². The van der Waals surface area contributed by atoms with Crippen LogP contribution in [-0.4, -0.2) is 29.7 Å². The number of anilines is 1. The van der Waals surface area contributed by atoms with E-state index in [1.54, 1.807) is 30.3 Å². The van der Waals surface area contributed by atoms with Crippen molar-refractivity contribution >= 4 is 11.6 Å². The lowest BCUT2D eigenvalue weighted by atomic mass is 10.1. The van der Waals surface area contributed by atoms with Crippen LogP contribution < -0.4 is 9.64 Å². The summed E-state index contributed by atoms with van der Waals surface area (Å²) >= 11 is 0. The molecule has 3 aromatic rings. The Morgan fingerprint density at radius 1 is 1.32 bits per heavy atom. The van der Waals surface area contributed by atoms with Gasteiger partial charge in [0.05, 0.1) is 18.7 Å². The number of halogens is 1. The first-order chi connectivity index (χ1) is 13.6. The topological polar surface area (TPSA) is 92.2 Å². The van der Waals surface area contributed by atoms with Crippen LogP contribution in [0.15, 0.2) is 47.0 Å². The van der Waals surface area contributed by atoms with Crippen LogP contribution in [0, 0.1) is 17.1 Å². The van der Waals surface area contributed by atoms with Gasteiger partial charge in [0.2, 0.25) is 5.91 Å².